The Kier molecular flexibility index (Phi) is 12.7. The fraction of sp³-hybridized carbons (Fsp3) is 0.587. The van der Waals surface area contributed by atoms with Crippen LogP contribution in [0.4, 0.5) is 4.39 Å². The smallest absolute Gasteiger partial charge is 0.140 e. The van der Waals surface area contributed by atoms with Gasteiger partial charge in [0.05, 0.1) is 0 Å². The summed E-state index contributed by atoms with van der Waals surface area (Å²) in [5, 5.41) is 1.30. The Morgan fingerprint density at radius 2 is 0.939 bits per heavy atom. The number of halogens is 1. The van der Waals surface area contributed by atoms with Crippen LogP contribution in [-0.2, 0) is 32.5 Å². The molecule has 272 valence electrons. The third-order valence-electron chi connectivity index (χ3n) is 9.13. The van der Waals surface area contributed by atoms with Crippen LogP contribution in [-0.4, -0.2) is 9.55 Å². The molecule has 3 heteroatoms. The highest BCUT2D eigenvalue weighted by molar-refractivity contribution is 5.82. The van der Waals surface area contributed by atoms with E-state index in [1.165, 1.54) is 33.2 Å². The molecule has 0 amide bonds. The van der Waals surface area contributed by atoms with E-state index in [4.69, 9.17) is 4.98 Å². The van der Waals surface area contributed by atoms with Crippen LogP contribution in [0.2, 0.25) is 0 Å². The molecule has 2 nitrogen and oxygen atoms in total. The fourth-order valence-corrected chi connectivity index (χ4v) is 5.55. The molecule has 0 N–H and O–H groups in total. The van der Waals surface area contributed by atoms with Crippen LogP contribution in [0, 0.1) is 5.82 Å². The maximum absolute atomic E-state index is 13.7. The second kappa shape index (κ2) is 14.7. The summed E-state index contributed by atoms with van der Waals surface area (Å²) in [4.78, 5) is 4.77. The van der Waals surface area contributed by atoms with Crippen molar-refractivity contribution in [3.63, 3.8) is 0 Å². The van der Waals surface area contributed by atoms with Gasteiger partial charge in [-0.2, -0.15) is 0 Å². The lowest BCUT2D eigenvalue weighted by Crippen LogP contribution is -2.17. The summed E-state index contributed by atoms with van der Waals surface area (Å²) in [6.07, 6.45) is 4.32. The van der Waals surface area contributed by atoms with Crippen LogP contribution in [0.5, 0.6) is 0 Å². The molecular formula is C46H71FN2. The Morgan fingerprint density at radius 3 is 1.33 bits per heavy atom. The van der Waals surface area contributed by atoms with Gasteiger partial charge in [-0.05, 0) is 91.9 Å². The second-order valence-corrected chi connectivity index (χ2v) is 20.4. The molecule has 0 aliphatic carbocycles. The molecule has 4 rings (SSSR count). The third kappa shape index (κ3) is 11.5. The fourth-order valence-electron chi connectivity index (χ4n) is 5.55. The SMILES string of the molecule is CC(C)(C)c1ccc(F)c(C(C)(C)C)c1.CC(C)(C)c1cccc(C(C)(C)C)c1.CC(C)n1cc(C(C)(C)C)c2cc(C(C)(C)C)cnc21. The molecule has 0 aliphatic heterocycles. The molecular weight excluding hydrogens is 600 g/mol. The summed E-state index contributed by atoms with van der Waals surface area (Å²) in [5.74, 6) is -0.101. The maximum atomic E-state index is 13.7. The van der Waals surface area contributed by atoms with Crippen molar-refractivity contribution in [2.75, 3.05) is 0 Å². The molecule has 0 saturated carbocycles. The van der Waals surface area contributed by atoms with E-state index in [-0.39, 0.29) is 38.3 Å². The first kappa shape index (κ1) is 42.2. The van der Waals surface area contributed by atoms with Gasteiger partial charge in [-0.25, -0.2) is 9.37 Å². The lowest BCUT2D eigenvalue weighted by Gasteiger charge is -2.25. The first-order valence-electron chi connectivity index (χ1n) is 18.3. The number of rotatable bonds is 1. The maximum Gasteiger partial charge on any atom is 0.140 e. The molecule has 4 aromatic rings. The monoisotopic (exact) mass is 671 g/mol. The van der Waals surface area contributed by atoms with Crippen molar-refractivity contribution in [3.8, 4) is 0 Å². The van der Waals surface area contributed by atoms with Crippen LogP contribution in [0.25, 0.3) is 11.0 Å². The van der Waals surface area contributed by atoms with Gasteiger partial charge in [0.15, 0.2) is 0 Å². The molecule has 2 heterocycles. The van der Waals surface area contributed by atoms with E-state index < -0.39 is 0 Å². The predicted octanol–water partition coefficient (Wildman–Crippen LogP) is 13.9. The summed E-state index contributed by atoms with van der Waals surface area (Å²) >= 11 is 0. The number of hydrogen-bond donors (Lipinski definition) is 0. The molecule has 0 saturated heterocycles. The summed E-state index contributed by atoms with van der Waals surface area (Å²) in [7, 11) is 0. The highest BCUT2D eigenvalue weighted by Crippen LogP contribution is 2.35. The highest BCUT2D eigenvalue weighted by Gasteiger charge is 2.25. The van der Waals surface area contributed by atoms with E-state index in [0.29, 0.717) is 6.04 Å². The van der Waals surface area contributed by atoms with Gasteiger partial charge in [-0.3, -0.25) is 0 Å². The zero-order chi connectivity index (χ0) is 38.1. The van der Waals surface area contributed by atoms with Gasteiger partial charge in [-0.1, -0.05) is 161 Å². The van der Waals surface area contributed by atoms with E-state index in [1.807, 2.05) is 39.1 Å². The molecule has 49 heavy (non-hydrogen) atoms. The molecule has 0 atom stereocenters. The van der Waals surface area contributed by atoms with E-state index in [2.05, 4.69) is 159 Å². The number of hydrogen-bond acceptors (Lipinski definition) is 1. The van der Waals surface area contributed by atoms with Crippen molar-refractivity contribution in [1.82, 2.24) is 9.55 Å². The average molecular weight is 671 g/mol. The number of nitrogens with zero attached hydrogens (tertiary/aromatic N) is 2. The number of fused-ring (bicyclic) bond motifs is 1. The van der Waals surface area contributed by atoms with Gasteiger partial charge in [-0.15, -0.1) is 0 Å². The van der Waals surface area contributed by atoms with Crippen LogP contribution in [0.15, 0.2) is 60.9 Å². The first-order valence-corrected chi connectivity index (χ1v) is 18.3. The predicted molar refractivity (Wildman–Crippen MR) is 215 cm³/mol. The van der Waals surface area contributed by atoms with Crippen molar-refractivity contribution < 1.29 is 4.39 Å². The summed E-state index contributed by atoms with van der Waals surface area (Å²) in [6, 6.07) is 17.2. The van der Waals surface area contributed by atoms with Crippen molar-refractivity contribution in [1.29, 1.82) is 0 Å². The standard InChI is InChI=1S/C18H28N2.C14H21F.C14H22/c1-12(2)20-11-15(18(6,7)8)14-9-13(17(3,4)5)10-19-16(14)20;1-13(2,3)10-7-8-12(15)11(9-10)14(4,5)6;1-13(2,3)11-8-7-9-12(10-11)14(4,5)6/h9-12H,1-8H3;7-9H,1-6H3;7-10H,1-6H3. The van der Waals surface area contributed by atoms with Crippen LogP contribution < -0.4 is 0 Å². The molecule has 0 aliphatic rings. The third-order valence-corrected chi connectivity index (χ3v) is 9.13. The quantitative estimate of drug-likeness (QED) is 0.197. The van der Waals surface area contributed by atoms with Crippen molar-refractivity contribution >= 4 is 11.0 Å². The Bertz CT molecular complexity index is 1650. The number of benzene rings is 2. The minimum absolute atomic E-state index is 0.0771. The Morgan fingerprint density at radius 1 is 0.510 bits per heavy atom. The zero-order valence-corrected chi connectivity index (χ0v) is 35.1. The normalized spacial score (nSPS) is 13.2. The summed E-state index contributed by atoms with van der Waals surface area (Å²) in [6.45, 7) is 44.1. The highest BCUT2D eigenvalue weighted by atomic mass is 19.1. The Labute approximate surface area is 301 Å². The minimum atomic E-state index is -0.134. The topological polar surface area (TPSA) is 17.8 Å². The van der Waals surface area contributed by atoms with Gasteiger partial charge in [0, 0.05) is 23.8 Å². The zero-order valence-electron chi connectivity index (χ0n) is 35.1. The minimum Gasteiger partial charge on any atom is -0.330 e. The average Bonchev–Trinajstić information content (AvgIpc) is 3.32. The second-order valence-electron chi connectivity index (χ2n) is 20.4. The molecule has 0 fully saturated rings. The Balaban J connectivity index is 0.000000261. The van der Waals surface area contributed by atoms with E-state index in [9.17, 15) is 4.39 Å². The van der Waals surface area contributed by atoms with Crippen molar-refractivity contribution in [2.24, 2.45) is 0 Å². The van der Waals surface area contributed by atoms with Crippen molar-refractivity contribution in [3.05, 3.63) is 100 Å². The Hall–Kier alpha value is -2.94. The van der Waals surface area contributed by atoms with Gasteiger partial charge in [0.2, 0.25) is 0 Å². The van der Waals surface area contributed by atoms with Crippen LogP contribution in [0.3, 0.4) is 0 Å². The van der Waals surface area contributed by atoms with Gasteiger partial charge in [0.1, 0.15) is 11.5 Å². The van der Waals surface area contributed by atoms with Gasteiger partial charge in [0.25, 0.3) is 0 Å². The lowest BCUT2D eigenvalue weighted by atomic mass is 9.80. The van der Waals surface area contributed by atoms with E-state index >= 15 is 0 Å². The molecule has 0 spiro atoms. The summed E-state index contributed by atoms with van der Waals surface area (Å²) in [5.41, 5.74) is 9.35. The van der Waals surface area contributed by atoms with Crippen LogP contribution >= 0.6 is 0 Å². The number of pyridine rings is 1. The summed E-state index contributed by atoms with van der Waals surface area (Å²) < 4.78 is 15.9. The van der Waals surface area contributed by atoms with Gasteiger partial charge < -0.3 is 4.57 Å². The largest absolute Gasteiger partial charge is 0.330 e. The van der Waals surface area contributed by atoms with Crippen LogP contribution in [0.1, 0.15) is 178 Å². The lowest BCUT2D eigenvalue weighted by molar-refractivity contribution is 0.514. The molecule has 0 bridgehead atoms. The molecule has 0 radical (unpaired) electrons. The van der Waals surface area contributed by atoms with E-state index in [0.717, 1.165) is 11.2 Å². The number of aromatic nitrogens is 2. The first-order chi connectivity index (χ1) is 21.8. The van der Waals surface area contributed by atoms with Crippen molar-refractivity contribution in [2.45, 2.75) is 177 Å². The molecule has 0 unspecified atom stereocenters. The van der Waals surface area contributed by atoms with E-state index in [1.54, 1.807) is 6.07 Å². The molecule has 2 aromatic heterocycles. The molecule has 2 aromatic carbocycles. The van der Waals surface area contributed by atoms with Gasteiger partial charge >= 0.3 is 0 Å².